The van der Waals surface area contributed by atoms with Crippen LogP contribution in [0.1, 0.15) is 40.5 Å². The van der Waals surface area contributed by atoms with E-state index in [2.05, 4.69) is 0 Å². The lowest BCUT2D eigenvalue weighted by molar-refractivity contribution is -0.144. The second-order valence-electron chi connectivity index (χ2n) is 3.57. The summed E-state index contributed by atoms with van der Waals surface area (Å²) in [6.07, 6.45) is 1.65. The van der Waals surface area contributed by atoms with Gasteiger partial charge in [-0.1, -0.05) is 20.3 Å². The zero-order valence-electron chi connectivity index (χ0n) is 9.08. The highest BCUT2D eigenvalue weighted by molar-refractivity contribution is 5.73. The van der Waals surface area contributed by atoms with Crippen LogP contribution in [0.2, 0.25) is 0 Å². The first-order valence-electron chi connectivity index (χ1n) is 5.03. The lowest BCUT2D eigenvalue weighted by Gasteiger charge is -2.30. The molecule has 0 heterocycles. The number of carboxylic acids is 1. The largest absolute Gasteiger partial charge is 0.480 e. The normalized spacial score (nSPS) is 13.7. The molecule has 13 heavy (non-hydrogen) atoms. The number of likely N-dealkylation sites (N-methyl/N-ethyl adjacent to an activating group) is 1. The van der Waals surface area contributed by atoms with Gasteiger partial charge in [-0.05, 0) is 26.8 Å². The van der Waals surface area contributed by atoms with Crippen molar-refractivity contribution in [2.75, 3.05) is 6.54 Å². The maximum atomic E-state index is 11.0. The van der Waals surface area contributed by atoms with E-state index in [1.54, 1.807) is 0 Å². The van der Waals surface area contributed by atoms with Crippen molar-refractivity contribution >= 4 is 5.97 Å². The number of aliphatic carboxylic acids is 1. The van der Waals surface area contributed by atoms with Crippen molar-refractivity contribution in [2.45, 2.75) is 52.6 Å². The van der Waals surface area contributed by atoms with Crippen molar-refractivity contribution in [2.24, 2.45) is 0 Å². The Balaban J connectivity index is 4.38. The Morgan fingerprint density at radius 1 is 1.38 bits per heavy atom. The lowest BCUT2D eigenvalue weighted by atomic mass is 10.1. The van der Waals surface area contributed by atoms with E-state index in [0.29, 0.717) is 6.04 Å². The zero-order valence-corrected chi connectivity index (χ0v) is 9.08. The van der Waals surface area contributed by atoms with E-state index in [4.69, 9.17) is 5.11 Å². The van der Waals surface area contributed by atoms with Crippen molar-refractivity contribution in [3.8, 4) is 0 Å². The molecule has 0 fully saturated rings. The molecule has 0 bridgehead atoms. The summed E-state index contributed by atoms with van der Waals surface area (Å²) < 4.78 is 0. The van der Waals surface area contributed by atoms with E-state index in [1.165, 1.54) is 0 Å². The maximum Gasteiger partial charge on any atom is 0.320 e. The van der Waals surface area contributed by atoms with Gasteiger partial charge in [0.05, 0.1) is 0 Å². The van der Waals surface area contributed by atoms with Crippen molar-refractivity contribution in [1.82, 2.24) is 4.90 Å². The van der Waals surface area contributed by atoms with Crippen molar-refractivity contribution in [3.05, 3.63) is 0 Å². The fraction of sp³-hybridized carbons (Fsp3) is 0.900. The summed E-state index contributed by atoms with van der Waals surface area (Å²) in [6, 6.07) is -0.00681. The summed E-state index contributed by atoms with van der Waals surface area (Å²) >= 11 is 0. The molecule has 0 rings (SSSR count). The smallest absolute Gasteiger partial charge is 0.320 e. The molecule has 0 saturated heterocycles. The van der Waals surface area contributed by atoms with Crippen LogP contribution >= 0.6 is 0 Å². The van der Waals surface area contributed by atoms with Crippen LogP contribution in [0.4, 0.5) is 0 Å². The van der Waals surface area contributed by atoms with Crippen LogP contribution in [0.5, 0.6) is 0 Å². The second-order valence-corrected chi connectivity index (χ2v) is 3.57. The Bertz CT molecular complexity index is 157. The Morgan fingerprint density at radius 3 is 2.15 bits per heavy atom. The fourth-order valence-electron chi connectivity index (χ4n) is 1.65. The molecule has 0 saturated carbocycles. The summed E-state index contributed by atoms with van der Waals surface area (Å²) in [5.41, 5.74) is 0. The zero-order chi connectivity index (χ0) is 10.4. The van der Waals surface area contributed by atoms with Gasteiger partial charge in [0.1, 0.15) is 6.04 Å². The Morgan fingerprint density at radius 2 is 1.92 bits per heavy atom. The molecule has 0 aliphatic heterocycles. The summed E-state index contributed by atoms with van der Waals surface area (Å²) in [6.45, 7) is 8.90. The van der Waals surface area contributed by atoms with E-state index < -0.39 is 5.97 Å². The van der Waals surface area contributed by atoms with E-state index in [0.717, 1.165) is 19.4 Å². The van der Waals surface area contributed by atoms with Gasteiger partial charge in [0, 0.05) is 6.04 Å². The standard InChI is InChI=1S/C10H21NO2/c1-5-7-9(10(12)13)11(6-2)8(3)4/h8-9H,5-7H2,1-4H3,(H,12,13). The summed E-state index contributed by atoms with van der Waals surface area (Å²) in [4.78, 5) is 13.0. The quantitative estimate of drug-likeness (QED) is 0.691. The second kappa shape index (κ2) is 5.97. The first-order valence-corrected chi connectivity index (χ1v) is 5.03. The average molecular weight is 187 g/mol. The van der Waals surface area contributed by atoms with Crippen LogP contribution < -0.4 is 0 Å². The molecular weight excluding hydrogens is 166 g/mol. The highest BCUT2D eigenvalue weighted by atomic mass is 16.4. The van der Waals surface area contributed by atoms with Crippen molar-refractivity contribution in [1.29, 1.82) is 0 Å². The van der Waals surface area contributed by atoms with Gasteiger partial charge >= 0.3 is 5.97 Å². The van der Waals surface area contributed by atoms with Crippen LogP contribution in [-0.2, 0) is 4.79 Å². The molecule has 3 nitrogen and oxygen atoms in total. The predicted molar refractivity (Wildman–Crippen MR) is 53.8 cm³/mol. The van der Waals surface area contributed by atoms with E-state index in [1.807, 2.05) is 32.6 Å². The molecule has 0 aliphatic carbocycles. The number of nitrogens with zero attached hydrogens (tertiary/aromatic N) is 1. The predicted octanol–water partition coefficient (Wildman–Crippen LogP) is 1.97. The van der Waals surface area contributed by atoms with Crippen LogP contribution in [0.3, 0.4) is 0 Å². The van der Waals surface area contributed by atoms with Gasteiger partial charge in [0.15, 0.2) is 0 Å². The fourth-order valence-corrected chi connectivity index (χ4v) is 1.65. The first-order chi connectivity index (χ1) is 6.04. The summed E-state index contributed by atoms with van der Waals surface area (Å²) in [5, 5.41) is 9.01. The lowest BCUT2D eigenvalue weighted by Crippen LogP contribution is -2.45. The number of hydrogen-bond donors (Lipinski definition) is 1. The molecule has 0 radical (unpaired) electrons. The molecule has 1 unspecified atom stereocenters. The molecular formula is C10H21NO2. The number of carboxylic acid groups (broad SMARTS) is 1. The Hall–Kier alpha value is -0.570. The Kier molecular flexibility index (Phi) is 5.71. The third-order valence-electron chi connectivity index (χ3n) is 2.28. The number of carbonyl (C=O) groups is 1. The van der Waals surface area contributed by atoms with Gasteiger partial charge in [0.25, 0.3) is 0 Å². The molecule has 1 N–H and O–H groups in total. The summed E-state index contributed by atoms with van der Waals surface area (Å²) in [7, 11) is 0. The molecule has 0 aromatic rings. The van der Waals surface area contributed by atoms with Crippen LogP contribution in [-0.4, -0.2) is 34.6 Å². The van der Waals surface area contributed by atoms with Gasteiger partial charge in [-0.25, -0.2) is 0 Å². The monoisotopic (exact) mass is 187 g/mol. The van der Waals surface area contributed by atoms with E-state index >= 15 is 0 Å². The van der Waals surface area contributed by atoms with Crippen LogP contribution in [0.15, 0.2) is 0 Å². The number of hydrogen-bond acceptors (Lipinski definition) is 2. The van der Waals surface area contributed by atoms with Crippen molar-refractivity contribution in [3.63, 3.8) is 0 Å². The molecule has 0 amide bonds. The first kappa shape index (κ1) is 12.4. The van der Waals surface area contributed by atoms with Gasteiger partial charge in [-0.2, -0.15) is 0 Å². The van der Waals surface area contributed by atoms with Gasteiger partial charge in [-0.3, -0.25) is 9.69 Å². The highest BCUT2D eigenvalue weighted by Crippen LogP contribution is 2.10. The minimum Gasteiger partial charge on any atom is -0.480 e. The van der Waals surface area contributed by atoms with Crippen LogP contribution in [0.25, 0.3) is 0 Å². The molecule has 3 heteroatoms. The van der Waals surface area contributed by atoms with Gasteiger partial charge in [-0.15, -0.1) is 0 Å². The maximum absolute atomic E-state index is 11.0. The van der Waals surface area contributed by atoms with E-state index in [-0.39, 0.29) is 6.04 Å². The highest BCUT2D eigenvalue weighted by Gasteiger charge is 2.24. The minimum atomic E-state index is -0.697. The molecule has 78 valence electrons. The third kappa shape index (κ3) is 3.77. The molecule has 1 atom stereocenters. The molecule has 0 aromatic carbocycles. The molecule has 0 spiro atoms. The van der Waals surface area contributed by atoms with Crippen molar-refractivity contribution < 1.29 is 9.90 Å². The topological polar surface area (TPSA) is 40.5 Å². The summed E-state index contributed by atoms with van der Waals surface area (Å²) in [5.74, 6) is -0.697. The van der Waals surface area contributed by atoms with Crippen LogP contribution in [0, 0.1) is 0 Å². The Labute approximate surface area is 80.7 Å². The third-order valence-corrected chi connectivity index (χ3v) is 2.28. The van der Waals surface area contributed by atoms with E-state index in [9.17, 15) is 4.79 Å². The average Bonchev–Trinajstić information content (AvgIpc) is 2.03. The van der Waals surface area contributed by atoms with Gasteiger partial charge in [0.2, 0.25) is 0 Å². The van der Waals surface area contributed by atoms with Gasteiger partial charge < -0.3 is 5.11 Å². The SMILES string of the molecule is CCCC(C(=O)O)N(CC)C(C)C. The minimum absolute atomic E-state index is 0.303. The molecule has 0 aliphatic rings. The molecule has 0 aromatic heterocycles. The number of rotatable bonds is 6.